The van der Waals surface area contributed by atoms with Crippen LogP contribution in [-0.4, -0.2) is 42.1 Å². The number of unbranched alkanes of at least 4 members (excludes halogenated alkanes) is 1. The highest BCUT2D eigenvalue weighted by Crippen LogP contribution is 2.17. The second kappa shape index (κ2) is 10.2. The van der Waals surface area contributed by atoms with Crippen molar-refractivity contribution in [2.75, 3.05) is 26.2 Å². The van der Waals surface area contributed by atoms with E-state index >= 15 is 0 Å². The Balaban J connectivity index is 2.48. The SMILES string of the molecule is NCCCCN(CCCN)C(=O)CCc1ccccc1O. The summed E-state index contributed by atoms with van der Waals surface area (Å²) < 4.78 is 0. The molecule has 21 heavy (non-hydrogen) atoms. The lowest BCUT2D eigenvalue weighted by atomic mass is 10.1. The van der Waals surface area contributed by atoms with Gasteiger partial charge in [0.25, 0.3) is 0 Å². The number of rotatable bonds is 10. The van der Waals surface area contributed by atoms with Crippen molar-refractivity contribution in [1.82, 2.24) is 4.90 Å². The van der Waals surface area contributed by atoms with E-state index < -0.39 is 0 Å². The van der Waals surface area contributed by atoms with E-state index in [1.807, 2.05) is 17.0 Å². The van der Waals surface area contributed by atoms with Gasteiger partial charge in [0.1, 0.15) is 5.75 Å². The number of aryl methyl sites for hydroxylation is 1. The summed E-state index contributed by atoms with van der Waals surface area (Å²) in [5.41, 5.74) is 11.8. The summed E-state index contributed by atoms with van der Waals surface area (Å²) in [4.78, 5) is 14.2. The lowest BCUT2D eigenvalue weighted by molar-refractivity contribution is -0.131. The van der Waals surface area contributed by atoms with E-state index in [1.165, 1.54) is 0 Å². The molecule has 0 aliphatic heterocycles. The van der Waals surface area contributed by atoms with Gasteiger partial charge in [0.15, 0.2) is 0 Å². The number of nitrogens with zero attached hydrogens (tertiary/aromatic N) is 1. The van der Waals surface area contributed by atoms with Gasteiger partial charge in [-0.15, -0.1) is 0 Å². The number of para-hydroxylation sites is 1. The number of phenolic OH excluding ortho intramolecular Hbond substituents is 1. The number of hydrogen-bond donors (Lipinski definition) is 3. The van der Waals surface area contributed by atoms with Crippen LogP contribution >= 0.6 is 0 Å². The minimum Gasteiger partial charge on any atom is -0.508 e. The topological polar surface area (TPSA) is 92.6 Å². The number of aromatic hydroxyl groups is 1. The molecule has 0 saturated carbocycles. The molecule has 0 atom stereocenters. The molecule has 0 unspecified atom stereocenters. The third-order valence-electron chi connectivity index (χ3n) is 3.47. The van der Waals surface area contributed by atoms with Gasteiger partial charge in [0.05, 0.1) is 0 Å². The van der Waals surface area contributed by atoms with Crippen LogP contribution in [0.1, 0.15) is 31.2 Å². The standard InChI is InChI=1S/C16H27N3O2/c17-10-3-4-12-19(13-5-11-18)16(21)9-8-14-6-1-2-7-15(14)20/h1-2,6-7,20H,3-5,8-13,17-18H2. The number of carbonyl (C=O) groups is 1. The van der Waals surface area contributed by atoms with Crippen LogP contribution in [0.25, 0.3) is 0 Å². The van der Waals surface area contributed by atoms with Crippen molar-refractivity contribution in [2.24, 2.45) is 11.5 Å². The molecule has 0 saturated heterocycles. The molecule has 0 heterocycles. The third-order valence-corrected chi connectivity index (χ3v) is 3.47. The maximum atomic E-state index is 12.3. The van der Waals surface area contributed by atoms with Crippen molar-refractivity contribution in [3.05, 3.63) is 29.8 Å². The first kappa shape index (κ1) is 17.5. The molecule has 0 fully saturated rings. The van der Waals surface area contributed by atoms with Gasteiger partial charge in [-0.25, -0.2) is 0 Å². The summed E-state index contributed by atoms with van der Waals surface area (Å²) in [5, 5.41) is 9.72. The fourth-order valence-electron chi connectivity index (χ4n) is 2.21. The average molecular weight is 293 g/mol. The number of phenols is 1. The number of nitrogens with two attached hydrogens (primary N) is 2. The molecule has 1 rings (SSSR count). The molecule has 0 aromatic heterocycles. The van der Waals surface area contributed by atoms with E-state index in [0.717, 1.165) is 31.4 Å². The van der Waals surface area contributed by atoms with Crippen molar-refractivity contribution in [3.63, 3.8) is 0 Å². The molecule has 0 aliphatic carbocycles. The summed E-state index contributed by atoms with van der Waals surface area (Å²) in [6, 6.07) is 7.14. The summed E-state index contributed by atoms with van der Waals surface area (Å²) >= 11 is 0. The molecule has 1 amide bonds. The van der Waals surface area contributed by atoms with Crippen molar-refractivity contribution in [1.29, 1.82) is 0 Å². The highest BCUT2D eigenvalue weighted by molar-refractivity contribution is 5.76. The zero-order chi connectivity index (χ0) is 15.5. The van der Waals surface area contributed by atoms with Crippen molar-refractivity contribution < 1.29 is 9.90 Å². The molecule has 0 radical (unpaired) electrons. The Bertz CT molecular complexity index is 424. The zero-order valence-corrected chi connectivity index (χ0v) is 12.6. The van der Waals surface area contributed by atoms with E-state index in [4.69, 9.17) is 11.5 Å². The van der Waals surface area contributed by atoms with Crippen LogP contribution in [0.3, 0.4) is 0 Å². The summed E-state index contributed by atoms with van der Waals surface area (Å²) in [6.07, 6.45) is 3.62. The third kappa shape index (κ3) is 6.60. The van der Waals surface area contributed by atoms with Gasteiger partial charge in [-0.2, -0.15) is 0 Å². The first-order valence-corrected chi connectivity index (χ1v) is 7.63. The lowest BCUT2D eigenvalue weighted by Crippen LogP contribution is -2.34. The average Bonchev–Trinajstić information content (AvgIpc) is 2.49. The molecule has 1 aromatic rings. The summed E-state index contributed by atoms with van der Waals surface area (Å²) in [6.45, 7) is 2.66. The molecule has 5 heteroatoms. The normalized spacial score (nSPS) is 10.6. The first-order chi connectivity index (χ1) is 10.2. The maximum Gasteiger partial charge on any atom is 0.222 e. The Morgan fingerprint density at radius 1 is 1.05 bits per heavy atom. The number of amides is 1. The second-order valence-corrected chi connectivity index (χ2v) is 5.15. The van der Waals surface area contributed by atoms with Crippen LogP contribution in [0.2, 0.25) is 0 Å². The molecule has 5 N–H and O–H groups in total. The van der Waals surface area contributed by atoms with Gasteiger partial charge in [0, 0.05) is 19.5 Å². The van der Waals surface area contributed by atoms with E-state index in [0.29, 0.717) is 32.5 Å². The van der Waals surface area contributed by atoms with Gasteiger partial charge in [-0.05, 0) is 50.4 Å². The Hall–Kier alpha value is -1.59. The van der Waals surface area contributed by atoms with Gasteiger partial charge in [-0.1, -0.05) is 18.2 Å². The number of carbonyl (C=O) groups excluding carboxylic acids is 1. The molecular formula is C16H27N3O2. The molecule has 5 nitrogen and oxygen atoms in total. The van der Waals surface area contributed by atoms with E-state index in [-0.39, 0.29) is 11.7 Å². The van der Waals surface area contributed by atoms with Crippen LogP contribution in [0.5, 0.6) is 5.75 Å². The minimum atomic E-state index is 0.115. The quantitative estimate of drug-likeness (QED) is 0.566. The number of hydrogen-bond acceptors (Lipinski definition) is 4. The van der Waals surface area contributed by atoms with Gasteiger partial charge in [-0.3, -0.25) is 4.79 Å². The summed E-state index contributed by atoms with van der Waals surface area (Å²) in [5.74, 6) is 0.366. The van der Waals surface area contributed by atoms with E-state index in [2.05, 4.69) is 0 Å². The summed E-state index contributed by atoms with van der Waals surface area (Å²) in [7, 11) is 0. The van der Waals surface area contributed by atoms with Gasteiger partial charge >= 0.3 is 0 Å². The Kier molecular flexibility index (Phi) is 8.47. The van der Waals surface area contributed by atoms with Crippen LogP contribution in [-0.2, 0) is 11.2 Å². The predicted molar refractivity (Wildman–Crippen MR) is 85.0 cm³/mol. The molecule has 0 aliphatic rings. The number of benzene rings is 1. The lowest BCUT2D eigenvalue weighted by Gasteiger charge is -2.22. The van der Waals surface area contributed by atoms with Crippen molar-refractivity contribution >= 4 is 5.91 Å². The molecule has 118 valence electrons. The Morgan fingerprint density at radius 3 is 2.38 bits per heavy atom. The minimum absolute atomic E-state index is 0.115. The monoisotopic (exact) mass is 293 g/mol. The fourth-order valence-corrected chi connectivity index (χ4v) is 2.21. The van der Waals surface area contributed by atoms with Gasteiger partial charge < -0.3 is 21.5 Å². The first-order valence-electron chi connectivity index (χ1n) is 7.63. The van der Waals surface area contributed by atoms with Crippen molar-refractivity contribution in [2.45, 2.75) is 32.1 Å². The van der Waals surface area contributed by atoms with Gasteiger partial charge in [0.2, 0.25) is 5.91 Å². The predicted octanol–water partition coefficient (Wildman–Crippen LogP) is 1.24. The van der Waals surface area contributed by atoms with E-state index in [9.17, 15) is 9.90 Å². The Morgan fingerprint density at radius 2 is 1.71 bits per heavy atom. The van der Waals surface area contributed by atoms with Crippen molar-refractivity contribution in [3.8, 4) is 5.75 Å². The van der Waals surface area contributed by atoms with Crippen LogP contribution in [0.15, 0.2) is 24.3 Å². The van der Waals surface area contributed by atoms with Crippen LogP contribution < -0.4 is 11.5 Å². The van der Waals surface area contributed by atoms with Crippen LogP contribution in [0, 0.1) is 0 Å². The largest absolute Gasteiger partial charge is 0.508 e. The molecule has 0 bridgehead atoms. The molecule has 1 aromatic carbocycles. The highest BCUT2D eigenvalue weighted by Gasteiger charge is 2.13. The fraction of sp³-hybridized carbons (Fsp3) is 0.562. The maximum absolute atomic E-state index is 12.3. The Labute approximate surface area is 126 Å². The molecule has 0 spiro atoms. The van der Waals surface area contributed by atoms with E-state index in [1.54, 1.807) is 12.1 Å². The smallest absolute Gasteiger partial charge is 0.222 e. The second-order valence-electron chi connectivity index (χ2n) is 5.15. The molecular weight excluding hydrogens is 266 g/mol. The highest BCUT2D eigenvalue weighted by atomic mass is 16.3. The zero-order valence-electron chi connectivity index (χ0n) is 12.6. The van der Waals surface area contributed by atoms with Crippen LogP contribution in [0.4, 0.5) is 0 Å².